The summed E-state index contributed by atoms with van der Waals surface area (Å²) in [5, 5.41) is 12.3. The Balaban J connectivity index is 1.82. The van der Waals surface area contributed by atoms with Crippen LogP contribution in [0.4, 0.5) is 5.69 Å². The molecule has 144 valence electrons. The van der Waals surface area contributed by atoms with Crippen LogP contribution in [0.25, 0.3) is 0 Å². The molecule has 2 rings (SSSR count). The van der Waals surface area contributed by atoms with E-state index in [9.17, 15) is 14.7 Å². The number of carboxylic acid groups (broad SMARTS) is 1. The molecule has 0 aliphatic carbocycles. The van der Waals surface area contributed by atoms with E-state index in [1.165, 1.54) is 0 Å². The summed E-state index contributed by atoms with van der Waals surface area (Å²) in [6, 6.07) is 15.2. The molecule has 27 heavy (non-hydrogen) atoms. The molecule has 0 heterocycles. The van der Waals surface area contributed by atoms with Gasteiger partial charge in [-0.15, -0.1) is 0 Å². The van der Waals surface area contributed by atoms with E-state index < -0.39 is 5.97 Å². The third-order valence-electron chi connectivity index (χ3n) is 4.53. The zero-order valence-corrected chi connectivity index (χ0v) is 16.2. The second-order valence-electron chi connectivity index (χ2n) is 7.33. The van der Waals surface area contributed by atoms with Crippen LogP contribution in [-0.4, -0.2) is 17.0 Å². The first-order valence-corrected chi connectivity index (χ1v) is 9.66. The number of carbonyl (C=O) groups is 2. The molecule has 2 aromatic rings. The van der Waals surface area contributed by atoms with Gasteiger partial charge in [-0.25, -0.2) is 4.79 Å². The number of unbranched alkanes of at least 4 members (excludes halogenated alkanes) is 2. The second-order valence-corrected chi connectivity index (χ2v) is 7.33. The molecule has 0 aliphatic rings. The van der Waals surface area contributed by atoms with Crippen molar-refractivity contribution in [3.05, 3.63) is 65.2 Å². The van der Waals surface area contributed by atoms with Gasteiger partial charge in [0.2, 0.25) is 5.91 Å². The number of nitrogens with one attached hydrogen (secondary N) is 1. The topological polar surface area (TPSA) is 66.4 Å². The predicted octanol–water partition coefficient (Wildman–Crippen LogP) is 5.32. The number of carbonyl (C=O) groups excluding carboxylic acids is 1. The van der Waals surface area contributed by atoms with Crippen LogP contribution >= 0.6 is 0 Å². The summed E-state index contributed by atoms with van der Waals surface area (Å²) < 4.78 is 0. The highest BCUT2D eigenvalue weighted by atomic mass is 16.4. The number of rotatable bonds is 10. The summed E-state index contributed by atoms with van der Waals surface area (Å²) in [6.45, 7) is 4.07. The van der Waals surface area contributed by atoms with E-state index >= 15 is 0 Å². The Kier molecular flexibility index (Phi) is 8.05. The lowest BCUT2D eigenvalue weighted by atomic mass is 9.99. The van der Waals surface area contributed by atoms with Crippen molar-refractivity contribution in [2.75, 3.05) is 5.32 Å². The Morgan fingerprint density at radius 1 is 0.889 bits per heavy atom. The maximum absolute atomic E-state index is 12.0. The molecule has 0 fully saturated rings. The number of aromatic carboxylic acids is 1. The summed E-state index contributed by atoms with van der Waals surface area (Å²) >= 11 is 0. The van der Waals surface area contributed by atoms with Gasteiger partial charge in [-0.05, 0) is 54.9 Å². The quantitative estimate of drug-likeness (QED) is 0.558. The summed E-state index contributed by atoms with van der Waals surface area (Å²) in [5.74, 6) is -0.467. The first-order chi connectivity index (χ1) is 13.0. The number of hydrogen-bond donors (Lipinski definition) is 2. The molecular weight excluding hydrogens is 338 g/mol. The lowest BCUT2D eigenvalue weighted by Crippen LogP contribution is -2.15. The Morgan fingerprint density at radius 2 is 1.48 bits per heavy atom. The molecule has 0 aromatic heterocycles. The molecule has 0 radical (unpaired) electrons. The first kappa shape index (κ1) is 20.7. The minimum Gasteiger partial charge on any atom is -0.478 e. The van der Waals surface area contributed by atoms with Gasteiger partial charge >= 0.3 is 5.97 Å². The van der Waals surface area contributed by atoms with Gasteiger partial charge < -0.3 is 10.4 Å². The Labute approximate surface area is 161 Å². The van der Waals surface area contributed by atoms with Crippen LogP contribution in [0.1, 0.15) is 61.0 Å². The number of carboxylic acids is 1. The fraction of sp³-hybridized carbons (Fsp3) is 0.391. The fourth-order valence-electron chi connectivity index (χ4n) is 3.19. The van der Waals surface area contributed by atoms with Crippen LogP contribution in [-0.2, 0) is 17.6 Å². The van der Waals surface area contributed by atoms with Crippen molar-refractivity contribution in [3.8, 4) is 0 Å². The number of amides is 1. The summed E-state index contributed by atoms with van der Waals surface area (Å²) in [5.41, 5.74) is 3.35. The molecule has 0 unspecified atom stereocenters. The van der Waals surface area contributed by atoms with Crippen LogP contribution in [0.5, 0.6) is 0 Å². The molecule has 0 spiro atoms. The van der Waals surface area contributed by atoms with E-state index in [0.717, 1.165) is 48.9 Å². The molecule has 0 bridgehead atoms. The van der Waals surface area contributed by atoms with E-state index in [1.54, 1.807) is 12.1 Å². The molecule has 4 nitrogen and oxygen atoms in total. The van der Waals surface area contributed by atoms with Gasteiger partial charge in [0.25, 0.3) is 0 Å². The van der Waals surface area contributed by atoms with E-state index in [1.807, 2.05) is 44.2 Å². The number of anilines is 1. The lowest BCUT2D eigenvalue weighted by molar-refractivity contribution is -0.116. The maximum Gasteiger partial charge on any atom is 0.335 e. The van der Waals surface area contributed by atoms with Crippen LogP contribution in [0, 0.1) is 5.92 Å². The van der Waals surface area contributed by atoms with E-state index in [-0.39, 0.29) is 5.91 Å². The molecule has 2 N–H and O–H groups in total. The average molecular weight is 367 g/mol. The monoisotopic (exact) mass is 367 g/mol. The Bertz CT molecular complexity index is 768. The summed E-state index contributed by atoms with van der Waals surface area (Å²) in [7, 11) is 0. The van der Waals surface area contributed by atoms with E-state index in [0.29, 0.717) is 17.9 Å². The highest BCUT2D eigenvalue weighted by Gasteiger charge is 2.10. The van der Waals surface area contributed by atoms with Crippen LogP contribution in [0.15, 0.2) is 48.5 Å². The SMILES string of the molecule is CC(C)CC(=O)Nc1ccccc1CCCCCc1ccccc1C(=O)O. The predicted molar refractivity (Wildman–Crippen MR) is 109 cm³/mol. The summed E-state index contributed by atoms with van der Waals surface area (Å²) in [4.78, 5) is 23.3. The van der Waals surface area contributed by atoms with E-state index in [4.69, 9.17) is 0 Å². The largest absolute Gasteiger partial charge is 0.478 e. The van der Waals surface area contributed by atoms with Gasteiger partial charge in [-0.1, -0.05) is 56.7 Å². The lowest BCUT2D eigenvalue weighted by Gasteiger charge is -2.12. The van der Waals surface area contributed by atoms with Gasteiger partial charge in [0.1, 0.15) is 0 Å². The zero-order valence-electron chi connectivity index (χ0n) is 16.2. The fourth-order valence-corrected chi connectivity index (χ4v) is 3.19. The molecule has 0 aliphatic heterocycles. The zero-order chi connectivity index (χ0) is 19.6. The van der Waals surface area contributed by atoms with Gasteiger partial charge in [0.05, 0.1) is 5.56 Å². The molecule has 0 saturated heterocycles. The number of para-hydroxylation sites is 1. The van der Waals surface area contributed by atoms with Crippen LogP contribution in [0.2, 0.25) is 0 Å². The normalized spacial score (nSPS) is 10.8. The van der Waals surface area contributed by atoms with Crippen molar-refractivity contribution in [1.29, 1.82) is 0 Å². The Hall–Kier alpha value is -2.62. The van der Waals surface area contributed by atoms with Gasteiger partial charge in [-0.2, -0.15) is 0 Å². The van der Waals surface area contributed by atoms with Crippen molar-refractivity contribution in [2.45, 2.75) is 52.4 Å². The highest BCUT2D eigenvalue weighted by Crippen LogP contribution is 2.20. The van der Waals surface area contributed by atoms with Crippen molar-refractivity contribution in [1.82, 2.24) is 0 Å². The molecule has 2 aromatic carbocycles. The molecule has 0 saturated carbocycles. The molecule has 0 atom stereocenters. The van der Waals surface area contributed by atoms with Crippen molar-refractivity contribution in [3.63, 3.8) is 0 Å². The maximum atomic E-state index is 12.0. The third kappa shape index (κ3) is 6.89. The van der Waals surface area contributed by atoms with Crippen molar-refractivity contribution < 1.29 is 14.7 Å². The van der Waals surface area contributed by atoms with Gasteiger partial charge in [0, 0.05) is 12.1 Å². The Morgan fingerprint density at radius 3 is 2.15 bits per heavy atom. The number of benzene rings is 2. The minimum absolute atomic E-state index is 0.0581. The second kappa shape index (κ2) is 10.5. The van der Waals surface area contributed by atoms with Crippen LogP contribution < -0.4 is 5.32 Å². The average Bonchev–Trinajstić information content (AvgIpc) is 2.62. The van der Waals surface area contributed by atoms with Gasteiger partial charge in [-0.3, -0.25) is 4.79 Å². The summed E-state index contributed by atoms with van der Waals surface area (Å²) in [6.07, 6.45) is 5.17. The smallest absolute Gasteiger partial charge is 0.335 e. The molecule has 1 amide bonds. The van der Waals surface area contributed by atoms with Gasteiger partial charge in [0.15, 0.2) is 0 Å². The van der Waals surface area contributed by atoms with Crippen LogP contribution in [0.3, 0.4) is 0 Å². The van der Waals surface area contributed by atoms with Crippen molar-refractivity contribution in [2.24, 2.45) is 5.92 Å². The number of aryl methyl sites for hydroxylation is 2. The standard InChI is InChI=1S/C23H29NO3/c1-17(2)16-22(25)24-21-15-9-7-13-19(21)12-5-3-4-10-18-11-6-8-14-20(18)23(26)27/h6-9,11,13-15,17H,3-5,10,12,16H2,1-2H3,(H,24,25)(H,26,27). The first-order valence-electron chi connectivity index (χ1n) is 9.66. The highest BCUT2D eigenvalue weighted by molar-refractivity contribution is 5.91. The number of hydrogen-bond acceptors (Lipinski definition) is 2. The molecule has 4 heteroatoms. The van der Waals surface area contributed by atoms with E-state index in [2.05, 4.69) is 11.4 Å². The molecular formula is C23H29NO3. The minimum atomic E-state index is -0.864. The van der Waals surface area contributed by atoms with Crippen molar-refractivity contribution >= 4 is 17.6 Å². The third-order valence-corrected chi connectivity index (χ3v) is 4.53.